The van der Waals surface area contributed by atoms with Crippen LogP contribution < -0.4 is 10.1 Å². The first-order chi connectivity index (χ1) is 21.4. The van der Waals surface area contributed by atoms with Gasteiger partial charge in [-0.3, -0.25) is 0 Å². The zero-order valence-electron chi connectivity index (χ0n) is 25.7. The molecule has 9 nitrogen and oxygen atoms in total. The number of piperidine rings is 1. The molecular weight excluding hydrogens is 558 g/mol. The van der Waals surface area contributed by atoms with Crippen LogP contribution in [0.3, 0.4) is 0 Å². The first-order valence-corrected chi connectivity index (χ1v) is 15.3. The van der Waals surface area contributed by atoms with Crippen molar-refractivity contribution < 1.29 is 28.6 Å². The van der Waals surface area contributed by atoms with Crippen molar-refractivity contribution in [3.63, 3.8) is 0 Å². The summed E-state index contributed by atoms with van der Waals surface area (Å²) in [4.78, 5) is 42.4. The van der Waals surface area contributed by atoms with E-state index in [1.165, 1.54) is 7.11 Å². The zero-order chi connectivity index (χ0) is 31.1. The Balaban J connectivity index is 1.19. The monoisotopic (exact) mass is 599 g/mol. The lowest BCUT2D eigenvalue weighted by atomic mass is 9.99. The molecule has 3 aromatic rings. The number of para-hydroxylation sites is 1. The Morgan fingerprint density at radius 3 is 2.43 bits per heavy atom. The number of fused-ring (bicyclic) bond motifs is 1. The topological polar surface area (TPSA) is 97.4 Å². The minimum absolute atomic E-state index is 0.0165. The van der Waals surface area contributed by atoms with E-state index >= 15 is 0 Å². The molecular formula is C35H41N3O6. The second-order valence-electron chi connectivity index (χ2n) is 11.4. The van der Waals surface area contributed by atoms with Gasteiger partial charge in [0, 0.05) is 37.8 Å². The number of aryl methyl sites for hydroxylation is 2. The second kappa shape index (κ2) is 14.3. The lowest BCUT2D eigenvalue weighted by Gasteiger charge is -2.37. The van der Waals surface area contributed by atoms with Crippen molar-refractivity contribution in [2.45, 2.75) is 64.7 Å². The number of hydrogen-bond acceptors (Lipinski definition) is 6. The summed E-state index contributed by atoms with van der Waals surface area (Å²) >= 11 is 0. The minimum atomic E-state index is -1.08. The first-order valence-electron chi connectivity index (χ1n) is 15.3. The Labute approximate surface area is 259 Å². The third-order valence-electron chi connectivity index (χ3n) is 8.45. The molecule has 0 radical (unpaired) electrons. The van der Waals surface area contributed by atoms with Gasteiger partial charge in [0.2, 0.25) is 6.10 Å². The summed E-state index contributed by atoms with van der Waals surface area (Å²) in [7, 11) is 1.29. The molecule has 0 unspecified atom stereocenters. The van der Waals surface area contributed by atoms with Gasteiger partial charge in [0.15, 0.2) is 0 Å². The van der Waals surface area contributed by atoms with Crippen molar-refractivity contribution in [2.75, 3.05) is 32.1 Å². The van der Waals surface area contributed by atoms with Gasteiger partial charge >= 0.3 is 18.1 Å². The van der Waals surface area contributed by atoms with Crippen molar-refractivity contribution in [2.24, 2.45) is 0 Å². The van der Waals surface area contributed by atoms with E-state index in [1.807, 2.05) is 78.6 Å². The molecule has 3 aromatic carbocycles. The summed E-state index contributed by atoms with van der Waals surface area (Å²) in [5.74, 6) is 0.228. The van der Waals surface area contributed by atoms with Crippen LogP contribution in [-0.4, -0.2) is 66.8 Å². The largest absolute Gasteiger partial charge is 0.488 e. The van der Waals surface area contributed by atoms with Crippen molar-refractivity contribution in [1.29, 1.82) is 0 Å². The van der Waals surface area contributed by atoms with Crippen LogP contribution in [0.25, 0.3) is 0 Å². The number of nitrogens with one attached hydrogen (secondary N) is 1. The van der Waals surface area contributed by atoms with Crippen LogP contribution in [0.15, 0.2) is 66.7 Å². The molecule has 1 N–H and O–H groups in total. The van der Waals surface area contributed by atoms with Gasteiger partial charge < -0.3 is 29.3 Å². The van der Waals surface area contributed by atoms with E-state index in [1.54, 1.807) is 4.90 Å². The Morgan fingerprint density at radius 1 is 0.977 bits per heavy atom. The molecule has 0 bridgehead atoms. The maximum atomic E-state index is 13.2. The van der Waals surface area contributed by atoms with Crippen molar-refractivity contribution in [3.05, 3.63) is 94.5 Å². The van der Waals surface area contributed by atoms with E-state index < -0.39 is 18.2 Å². The summed E-state index contributed by atoms with van der Waals surface area (Å²) in [6.45, 7) is 5.99. The van der Waals surface area contributed by atoms with Crippen LogP contribution in [-0.2, 0) is 40.1 Å². The summed E-state index contributed by atoms with van der Waals surface area (Å²) in [6.07, 6.45) is 1.34. The molecule has 0 spiro atoms. The molecule has 0 aromatic heterocycles. The summed E-state index contributed by atoms with van der Waals surface area (Å²) in [6, 6.07) is 21.7. The van der Waals surface area contributed by atoms with Crippen LogP contribution >= 0.6 is 0 Å². The smallest absolute Gasteiger partial charge is 0.410 e. The van der Waals surface area contributed by atoms with Crippen LogP contribution in [0.1, 0.15) is 47.6 Å². The van der Waals surface area contributed by atoms with Crippen molar-refractivity contribution in [1.82, 2.24) is 9.80 Å². The SMILES string of the molecule is CCc1cc(C[C@@H](OC(=O)N2CCC(N3CCc4ccccc4NC3=O)CC2)C(=O)OC)cc(C)c1OCc1ccccc1. The molecule has 2 heterocycles. The van der Waals surface area contributed by atoms with Crippen LogP contribution in [0.2, 0.25) is 0 Å². The van der Waals surface area contributed by atoms with E-state index in [0.29, 0.717) is 39.1 Å². The number of anilines is 1. The summed E-state index contributed by atoms with van der Waals surface area (Å²) < 4.78 is 16.9. The molecule has 2 aliphatic heterocycles. The summed E-state index contributed by atoms with van der Waals surface area (Å²) in [5.41, 5.74) is 5.89. The van der Waals surface area contributed by atoms with Crippen molar-refractivity contribution in [3.8, 4) is 5.75 Å². The number of urea groups is 1. The quantitative estimate of drug-likeness (QED) is 0.307. The van der Waals surface area contributed by atoms with E-state index in [2.05, 4.69) is 12.2 Å². The van der Waals surface area contributed by atoms with Gasteiger partial charge in [-0.2, -0.15) is 0 Å². The van der Waals surface area contributed by atoms with Gasteiger partial charge in [-0.25, -0.2) is 14.4 Å². The molecule has 232 valence electrons. The first kappa shape index (κ1) is 30.9. The molecule has 1 saturated heterocycles. The highest BCUT2D eigenvalue weighted by atomic mass is 16.6. The Morgan fingerprint density at radius 2 is 1.70 bits per heavy atom. The van der Waals surface area contributed by atoms with Crippen LogP contribution in [0, 0.1) is 6.92 Å². The van der Waals surface area contributed by atoms with Gasteiger partial charge in [0.25, 0.3) is 0 Å². The summed E-state index contributed by atoms with van der Waals surface area (Å²) in [5, 5.41) is 3.02. The number of carbonyl (C=O) groups is 3. The third kappa shape index (κ3) is 7.33. The maximum Gasteiger partial charge on any atom is 0.410 e. The van der Waals surface area contributed by atoms with Crippen LogP contribution in [0.5, 0.6) is 5.75 Å². The molecule has 1 atom stereocenters. The number of hydrogen-bond donors (Lipinski definition) is 1. The average molecular weight is 600 g/mol. The maximum absolute atomic E-state index is 13.2. The second-order valence-corrected chi connectivity index (χ2v) is 11.4. The normalized spacial score (nSPS) is 15.9. The number of methoxy groups -OCH3 is 1. The fourth-order valence-electron chi connectivity index (χ4n) is 6.06. The van der Waals surface area contributed by atoms with Gasteiger partial charge in [-0.1, -0.05) is 67.6 Å². The molecule has 9 heteroatoms. The third-order valence-corrected chi connectivity index (χ3v) is 8.45. The number of amides is 3. The highest BCUT2D eigenvalue weighted by molar-refractivity contribution is 5.91. The van der Waals surface area contributed by atoms with E-state index in [9.17, 15) is 14.4 Å². The number of likely N-dealkylation sites (tertiary alicyclic amines) is 1. The fraction of sp³-hybridized carbons (Fsp3) is 0.400. The zero-order valence-corrected chi connectivity index (χ0v) is 25.7. The highest BCUT2D eigenvalue weighted by Gasteiger charge is 2.34. The Kier molecular flexibility index (Phi) is 10.0. The molecule has 2 aliphatic rings. The fourth-order valence-corrected chi connectivity index (χ4v) is 6.06. The van der Waals surface area contributed by atoms with Gasteiger partial charge in [0.05, 0.1) is 7.11 Å². The van der Waals surface area contributed by atoms with E-state index in [0.717, 1.165) is 52.1 Å². The molecule has 5 rings (SSSR count). The van der Waals surface area contributed by atoms with Crippen molar-refractivity contribution >= 4 is 23.8 Å². The number of nitrogens with zero attached hydrogens (tertiary/aromatic N) is 2. The van der Waals surface area contributed by atoms with E-state index in [4.69, 9.17) is 14.2 Å². The molecule has 3 amide bonds. The molecule has 0 aliphatic carbocycles. The average Bonchev–Trinajstić information content (AvgIpc) is 3.21. The lowest BCUT2D eigenvalue weighted by Crippen LogP contribution is -2.50. The highest BCUT2D eigenvalue weighted by Crippen LogP contribution is 2.29. The number of benzene rings is 3. The number of esters is 1. The van der Waals surface area contributed by atoms with Gasteiger partial charge in [-0.05, 0) is 66.5 Å². The predicted octanol–water partition coefficient (Wildman–Crippen LogP) is 5.91. The molecule has 44 heavy (non-hydrogen) atoms. The number of ether oxygens (including phenoxy) is 3. The van der Waals surface area contributed by atoms with Crippen LogP contribution in [0.4, 0.5) is 15.3 Å². The number of rotatable bonds is 9. The Hall–Kier alpha value is -4.53. The van der Waals surface area contributed by atoms with Gasteiger partial charge in [-0.15, -0.1) is 0 Å². The van der Waals surface area contributed by atoms with Gasteiger partial charge in [0.1, 0.15) is 12.4 Å². The molecule has 1 fully saturated rings. The number of carbonyl (C=O) groups excluding carboxylic acids is 3. The van der Waals surface area contributed by atoms with E-state index in [-0.39, 0.29) is 18.5 Å². The molecule has 0 saturated carbocycles. The predicted molar refractivity (Wildman–Crippen MR) is 168 cm³/mol. The lowest BCUT2D eigenvalue weighted by molar-refractivity contribution is -0.151. The standard InChI is InChI=1S/C35H41N3O6/c1-4-27-21-26(20-24(2)32(27)43-23-25-10-6-5-7-11-25)22-31(33(39)42-3)44-35(41)37-17-15-29(16-18-37)38-19-14-28-12-8-9-13-30(28)36-34(38)40/h5-13,20-21,29,31H,4,14-19,22-23H2,1-3H3,(H,36,40)/t31-/m1/s1. The minimum Gasteiger partial charge on any atom is -0.488 e. The Bertz CT molecular complexity index is 1470.